The Bertz CT molecular complexity index is 723. The van der Waals surface area contributed by atoms with Crippen LogP contribution in [-0.2, 0) is 10.3 Å². The molecule has 2 rings (SSSR count). The molecule has 0 fully saturated rings. The molecule has 0 saturated carbocycles. The van der Waals surface area contributed by atoms with E-state index in [2.05, 4.69) is 5.32 Å². The van der Waals surface area contributed by atoms with Gasteiger partial charge in [0.1, 0.15) is 11.4 Å². The quantitative estimate of drug-likeness (QED) is 0.861. The van der Waals surface area contributed by atoms with Crippen LogP contribution in [-0.4, -0.2) is 19.6 Å². The summed E-state index contributed by atoms with van der Waals surface area (Å²) >= 11 is 11.9. The van der Waals surface area contributed by atoms with Gasteiger partial charge in [-0.2, -0.15) is 0 Å². The molecule has 3 nitrogen and oxygen atoms in total. The maximum atomic E-state index is 14.0. The monoisotopic (exact) mass is 355 g/mol. The van der Waals surface area contributed by atoms with E-state index in [4.69, 9.17) is 27.9 Å². The summed E-state index contributed by atoms with van der Waals surface area (Å²) in [5.74, 6) is -0.802. The first kappa shape index (κ1) is 17.7. The summed E-state index contributed by atoms with van der Waals surface area (Å²) in [6.45, 7) is 1.78. The van der Waals surface area contributed by atoms with Gasteiger partial charge in [-0.25, -0.2) is 4.39 Å². The summed E-state index contributed by atoms with van der Waals surface area (Å²) in [4.78, 5) is 12.3. The molecule has 0 saturated heterocycles. The zero-order chi connectivity index (χ0) is 17.0. The molecule has 6 heteroatoms. The van der Waals surface area contributed by atoms with Crippen molar-refractivity contribution in [2.75, 3.05) is 13.7 Å². The van der Waals surface area contributed by atoms with Crippen LogP contribution in [0.1, 0.15) is 22.8 Å². The fourth-order valence-electron chi connectivity index (χ4n) is 2.18. The molecule has 0 spiro atoms. The first-order valence-electron chi connectivity index (χ1n) is 6.91. The van der Waals surface area contributed by atoms with Gasteiger partial charge < -0.3 is 10.1 Å². The highest BCUT2D eigenvalue weighted by atomic mass is 35.5. The zero-order valence-electron chi connectivity index (χ0n) is 12.7. The van der Waals surface area contributed by atoms with Crippen LogP contribution in [0.4, 0.5) is 4.39 Å². The molecule has 0 aromatic heterocycles. The second kappa shape index (κ2) is 7.30. The SMILES string of the molecule is COC(C)(CNC(=O)c1cc(Cl)ccc1Cl)c1ccccc1F. The highest BCUT2D eigenvalue weighted by molar-refractivity contribution is 6.35. The summed E-state index contributed by atoms with van der Waals surface area (Å²) in [5.41, 5.74) is -0.391. The number of carbonyl (C=O) groups is 1. The fourth-order valence-corrected chi connectivity index (χ4v) is 2.56. The van der Waals surface area contributed by atoms with Crippen LogP contribution in [0, 0.1) is 5.82 Å². The Hall–Kier alpha value is -1.62. The topological polar surface area (TPSA) is 38.3 Å². The fraction of sp³-hybridized carbons (Fsp3) is 0.235. The van der Waals surface area contributed by atoms with Crippen molar-refractivity contribution < 1.29 is 13.9 Å². The predicted molar refractivity (Wildman–Crippen MR) is 89.6 cm³/mol. The molecule has 0 aliphatic heterocycles. The first-order chi connectivity index (χ1) is 10.9. The number of rotatable bonds is 5. The van der Waals surface area contributed by atoms with E-state index in [0.717, 1.165) is 0 Å². The first-order valence-corrected chi connectivity index (χ1v) is 7.66. The minimum Gasteiger partial charge on any atom is -0.372 e. The molecule has 1 atom stereocenters. The van der Waals surface area contributed by atoms with Gasteiger partial charge in [-0.15, -0.1) is 0 Å². The molecule has 2 aromatic carbocycles. The van der Waals surface area contributed by atoms with Crippen molar-refractivity contribution in [3.8, 4) is 0 Å². The zero-order valence-corrected chi connectivity index (χ0v) is 14.2. The lowest BCUT2D eigenvalue weighted by Crippen LogP contribution is -2.40. The normalized spacial score (nSPS) is 13.4. The van der Waals surface area contributed by atoms with Gasteiger partial charge in [0.25, 0.3) is 5.91 Å². The lowest BCUT2D eigenvalue weighted by Gasteiger charge is -2.29. The molecule has 0 aliphatic rings. The number of halogens is 3. The number of hydrogen-bond acceptors (Lipinski definition) is 2. The Labute approximate surface area is 144 Å². The molecule has 0 aliphatic carbocycles. The molecule has 0 heterocycles. The maximum Gasteiger partial charge on any atom is 0.252 e. The van der Waals surface area contributed by atoms with E-state index >= 15 is 0 Å². The van der Waals surface area contributed by atoms with E-state index in [0.29, 0.717) is 10.6 Å². The van der Waals surface area contributed by atoms with E-state index in [9.17, 15) is 9.18 Å². The second-order valence-corrected chi connectivity index (χ2v) is 6.07. The standard InChI is InChI=1S/C17H16Cl2FNO2/c1-17(23-2,13-5-3-4-6-15(13)20)10-21-16(22)12-9-11(18)7-8-14(12)19/h3-9H,10H2,1-2H3,(H,21,22). The van der Waals surface area contributed by atoms with Gasteiger partial charge in [0.15, 0.2) is 0 Å². The van der Waals surface area contributed by atoms with Gasteiger partial charge in [0.05, 0.1) is 17.1 Å². The van der Waals surface area contributed by atoms with E-state index in [1.807, 2.05) is 0 Å². The number of ether oxygens (including phenoxy) is 1. The van der Waals surface area contributed by atoms with Crippen LogP contribution >= 0.6 is 23.2 Å². The summed E-state index contributed by atoms with van der Waals surface area (Å²) < 4.78 is 19.4. The Morgan fingerprint density at radius 1 is 1.26 bits per heavy atom. The average Bonchev–Trinajstić information content (AvgIpc) is 2.55. The summed E-state index contributed by atoms with van der Waals surface area (Å²) in [6, 6.07) is 10.9. The Balaban J connectivity index is 2.19. The van der Waals surface area contributed by atoms with Gasteiger partial charge >= 0.3 is 0 Å². The maximum absolute atomic E-state index is 14.0. The molecule has 0 bridgehead atoms. The number of hydrogen-bond donors (Lipinski definition) is 1. The molecule has 1 N–H and O–H groups in total. The lowest BCUT2D eigenvalue weighted by molar-refractivity contribution is 0.000390. The van der Waals surface area contributed by atoms with Crippen LogP contribution < -0.4 is 5.32 Å². The van der Waals surface area contributed by atoms with Gasteiger partial charge in [-0.3, -0.25) is 4.79 Å². The molecular weight excluding hydrogens is 340 g/mol. The van der Waals surface area contributed by atoms with Gasteiger partial charge in [0, 0.05) is 17.7 Å². The molecule has 1 amide bonds. The Morgan fingerprint density at radius 3 is 2.61 bits per heavy atom. The lowest BCUT2D eigenvalue weighted by atomic mass is 9.95. The van der Waals surface area contributed by atoms with Crippen LogP contribution in [0.2, 0.25) is 10.0 Å². The minimum absolute atomic E-state index is 0.0755. The number of benzene rings is 2. The molecule has 23 heavy (non-hydrogen) atoms. The summed E-state index contributed by atoms with van der Waals surface area (Å²) in [6.07, 6.45) is 0. The predicted octanol–water partition coefficient (Wildman–Crippen LogP) is 4.42. The van der Waals surface area contributed by atoms with Crippen molar-refractivity contribution in [1.82, 2.24) is 5.32 Å². The van der Waals surface area contributed by atoms with Crippen molar-refractivity contribution in [1.29, 1.82) is 0 Å². The van der Waals surface area contributed by atoms with E-state index in [1.165, 1.54) is 19.2 Å². The number of amides is 1. The van der Waals surface area contributed by atoms with Crippen molar-refractivity contribution in [3.63, 3.8) is 0 Å². The van der Waals surface area contributed by atoms with E-state index in [-0.39, 0.29) is 17.1 Å². The summed E-state index contributed by atoms with van der Waals surface area (Å²) in [5, 5.41) is 3.41. The highest BCUT2D eigenvalue weighted by Gasteiger charge is 2.30. The molecule has 2 aromatic rings. The van der Waals surface area contributed by atoms with Crippen LogP contribution in [0.3, 0.4) is 0 Å². The number of carbonyl (C=O) groups excluding carboxylic acids is 1. The largest absolute Gasteiger partial charge is 0.372 e. The highest BCUT2D eigenvalue weighted by Crippen LogP contribution is 2.27. The van der Waals surface area contributed by atoms with Gasteiger partial charge in [0.2, 0.25) is 0 Å². The van der Waals surface area contributed by atoms with Crippen LogP contribution in [0.25, 0.3) is 0 Å². The van der Waals surface area contributed by atoms with Crippen molar-refractivity contribution in [3.05, 3.63) is 69.5 Å². The van der Waals surface area contributed by atoms with Crippen LogP contribution in [0.5, 0.6) is 0 Å². The molecule has 0 radical (unpaired) electrons. The average molecular weight is 356 g/mol. The van der Waals surface area contributed by atoms with Gasteiger partial charge in [-0.05, 0) is 31.2 Å². The molecule has 1 unspecified atom stereocenters. The second-order valence-electron chi connectivity index (χ2n) is 5.22. The minimum atomic E-state index is -1.01. The third-order valence-electron chi connectivity index (χ3n) is 3.65. The Morgan fingerprint density at radius 2 is 1.96 bits per heavy atom. The van der Waals surface area contributed by atoms with Crippen molar-refractivity contribution in [2.45, 2.75) is 12.5 Å². The van der Waals surface area contributed by atoms with Crippen molar-refractivity contribution in [2.24, 2.45) is 0 Å². The van der Waals surface area contributed by atoms with Crippen molar-refractivity contribution >= 4 is 29.1 Å². The van der Waals surface area contributed by atoms with Crippen LogP contribution in [0.15, 0.2) is 42.5 Å². The van der Waals surface area contributed by atoms with E-state index < -0.39 is 17.3 Å². The molecular formula is C17H16Cl2FNO2. The Kier molecular flexibility index (Phi) is 5.63. The third-order valence-corrected chi connectivity index (χ3v) is 4.22. The van der Waals surface area contributed by atoms with E-state index in [1.54, 1.807) is 37.3 Å². The third kappa shape index (κ3) is 4.02. The number of methoxy groups -OCH3 is 1. The summed E-state index contributed by atoms with van der Waals surface area (Å²) in [7, 11) is 1.46. The van der Waals surface area contributed by atoms with Gasteiger partial charge in [-0.1, -0.05) is 41.4 Å². The number of nitrogens with one attached hydrogen (secondary N) is 1. The smallest absolute Gasteiger partial charge is 0.252 e. The molecule has 122 valence electrons.